The summed E-state index contributed by atoms with van der Waals surface area (Å²) in [6.07, 6.45) is 0.138. The molecule has 0 spiro atoms. The summed E-state index contributed by atoms with van der Waals surface area (Å²) in [7, 11) is 0. The maximum atomic E-state index is 8.29. The SMILES string of the molecule is N=CC(O)CCl. The van der Waals surface area contributed by atoms with E-state index in [9.17, 15) is 0 Å². The topological polar surface area (TPSA) is 44.1 Å². The van der Waals surface area contributed by atoms with Crippen LogP contribution in [-0.2, 0) is 0 Å². The lowest BCUT2D eigenvalue weighted by Crippen LogP contribution is -2.07. The van der Waals surface area contributed by atoms with Crippen LogP contribution < -0.4 is 0 Å². The van der Waals surface area contributed by atoms with Crippen molar-refractivity contribution in [1.82, 2.24) is 0 Å². The average Bonchev–Trinajstić information content (AvgIpc) is 1.65. The van der Waals surface area contributed by atoms with E-state index in [0.29, 0.717) is 0 Å². The van der Waals surface area contributed by atoms with Gasteiger partial charge in [-0.3, -0.25) is 0 Å². The molecule has 1 unspecified atom stereocenters. The second-order valence-corrected chi connectivity index (χ2v) is 1.20. The van der Waals surface area contributed by atoms with Crippen molar-refractivity contribution in [3.05, 3.63) is 0 Å². The Balaban J connectivity index is 2.96. The zero-order chi connectivity index (χ0) is 4.99. The molecule has 0 fully saturated rings. The smallest absolute Gasteiger partial charge is 0.102 e. The van der Waals surface area contributed by atoms with Crippen molar-refractivity contribution in [3.8, 4) is 0 Å². The lowest BCUT2D eigenvalue weighted by molar-refractivity contribution is 0.269. The number of nitrogens with one attached hydrogen (secondary N) is 1. The van der Waals surface area contributed by atoms with Crippen LogP contribution in [0.15, 0.2) is 0 Å². The third kappa shape index (κ3) is 2.18. The zero-order valence-electron chi connectivity index (χ0n) is 3.19. The summed E-state index contributed by atoms with van der Waals surface area (Å²) in [6, 6.07) is 0. The maximum absolute atomic E-state index is 8.29. The molecule has 0 saturated carbocycles. The Morgan fingerprint density at radius 3 is 2.50 bits per heavy atom. The van der Waals surface area contributed by atoms with Crippen LogP contribution in [0.2, 0.25) is 0 Å². The van der Waals surface area contributed by atoms with Crippen molar-refractivity contribution in [3.63, 3.8) is 0 Å². The van der Waals surface area contributed by atoms with E-state index in [0.717, 1.165) is 6.21 Å². The molecule has 2 nitrogen and oxygen atoms in total. The van der Waals surface area contributed by atoms with Gasteiger partial charge in [0.2, 0.25) is 0 Å². The quantitative estimate of drug-likeness (QED) is 0.385. The van der Waals surface area contributed by atoms with Crippen molar-refractivity contribution in [2.24, 2.45) is 0 Å². The number of hydrogen-bond acceptors (Lipinski definition) is 2. The van der Waals surface area contributed by atoms with Gasteiger partial charge in [-0.15, -0.1) is 11.6 Å². The minimum atomic E-state index is -0.758. The van der Waals surface area contributed by atoms with Gasteiger partial charge in [-0.25, -0.2) is 0 Å². The van der Waals surface area contributed by atoms with Gasteiger partial charge in [0, 0.05) is 6.21 Å². The fourth-order valence-corrected chi connectivity index (χ4v) is 0.134. The fraction of sp³-hybridized carbons (Fsp3) is 0.667. The average molecular weight is 108 g/mol. The Kier molecular flexibility index (Phi) is 3.08. The highest BCUT2D eigenvalue weighted by Crippen LogP contribution is 1.78. The summed E-state index contributed by atoms with van der Waals surface area (Å²) < 4.78 is 0. The molecule has 0 heterocycles. The van der Waals surface area contributed by atoms with Crippen molar-refractivity contribution in [1.29, 1.82) is 5.41 Å². The summed E-state index contributed by atoms with van der Waals surface area (Å²) in [6.45, 7) is 0. The molecule has 0 aliphatic heterocycles. The molecule has 0 saturated heterocycles. The number of aliphatic hydroxyl groups excluding tert-OH is 1. The predicted molar refractivity (Wildman–Crippen MR) is 25.5 cm³/mol. The van der Waals surface area contributed by atoms with Crippen LogP contribution in [0.3, 0.4) is 0 Å². The van der Waals surface area contributed by atoms with Gasteiger partial charge in [-0.05, 0) is 0 Å². The first-order valence-electron chi connectivity index (χ1n) is 1.56. The van der Waals surface area contributed by atoms with Crippen molar-refractivity contribution < 1.29 is 5.11 Å². The number of halogens is 1. The van der Waals surface area contributed by atoms with Gasteiger partial charge < -0.3 is 10.5 Å². The molecule has 0 radical (unpaired) electrons. The van der Waals surface area contributed by atoms with Crippen LogP contribution in [0.4, 0.5) is 0 Å². The summed E-state index contributed by atoms with van der Waals surface area (Å²) >= 11 is 5.05. The highest BCUT2D eigenvalue weighted by Gasteiger charge is 1.90. The maximum Gasteiger partial charge on any atom is 0.102 e. The van der Waals surface area contributed by atoms with Crippen LogP contribution in [-0.4, -0.2) is 23.3 Å². The molecule has 0 aromatic rings. The summed E-state index contributed by atoms with van der Waals surface area (Å²) in [5.41, 5.74) is 0. The molecule has 0 aromatic heterocycles. The van der Waals surface area contributed by atoms with E-state index in [1.54, 1.807) is 0 Å². The largest absolute Gasteiger partial charge is 0.386 e. The highest BCUT2D eigenvalue weighted by molar-refractivity contribution is 6.19. The molecule has 0 amide bonds. The van der Waals surface area contributed by atoms with Crippen LogP contribution in [0.25, 0.3) is 0 Å². The van der Waals surface area contributed by atoms with Crippen molar-refractivity contribution in [2.45, 2.75) is 6.10 Å². The Morgan fingerprint density at radius 1 is 2.00 bits per heavy atom. The number of alkyl halides is 1. The summed E-state index contributed by atoms with van der Waals surface area (Å²) in [4.78, 5) is 0. The molecule has 0 aliphatic rings. The van der Waals surface area contributed by atoms with Gasteiger partial charge in [-0.1, -0.05) is 0 Å². The lowest BCUT2D eigenvalue weighted by Gasteiger charge is -1.90. The lowest BCUT2D eigenvalue weighted by atomic mass is 10.5. The standard InChI is InChI=1S/C3H6ClNO/c4-1-3(6)2-5/h2-3,5-6H,1H2. The van der Waals surface area contributed by atoms with E-state index < -0.39 is 6.10 Å². The van der Waals surface area contributed by atoms with E-state index in [1.165, 1.54) is 0 Å². The third-order valence-corrected chi connectivity index (χ3v) is 0.667. The second-order valence-electron chi connectivity index (χ2n) is 0.888. The number of hydrogen-bond donors (Lipinski definition) is 2. The van der Waals surface area contributed by atoms with Gasteiger partial charge in [0.15, 0.2) is 0 Å². The monoisotopic (exact) mass is 107 g/mol. The summed E-state index contributed by atoms with van der Waals surface area (Å²) in [5.74, 6) is 0.115. The first-order chi connectivity index (χ1) is 2.81. The van der Waals surface area contributed by atoms with E-state index in [1.807, 2.05) is 0 Å². The molecule has 0 rings (SSSR count). The Labute approximate surface area is 41.3 Å². The minimum absolute atomic E-state index is 0.115. The molecular weight excluding hydrogens is 101 g/mol. The fourth-order valence-electron chi connectivity index (χ4n) is 0.0445. The molecule has 0 aliphatic carbocycles. The first kappa shape index (κ1) is 5.92. The predicted octanol–water partition coefficient (Wildman–Crippen LogP) is 0.236. The molecule has 0 aromatic carbocycles. The van der Waals surface area contributed by atoms with Gasteiger partial charge in [0.1, 0.15) is 6.10 Å². The van der Waals surface area contributed by atoms with E-state index >= 15 is 0 Å². The Morgan fingerprint density at radius 2 is 2.50 bits per heavy atom. The normalized spacial score (nSPS) is 13.7. The molecule has 2 N–H and O–H groups in total. The van der Waals surface area contributed by atoms with E-state index in [-0.39, 0.29) is 5.88 Å². The first-order valence-corrected chi connectivity index (χ1v) is 2.09. The highest BCUT2D eigenvalue weighted by atomic mass is 35.5. The molecule has 3 heteroatoms. The molecule has 36 valence electrons. The van der Waals surface area contributed by atoms with E-state index in [4.69, 9.17) is 22.1 Å². The van der Waals surface area contributed by atoms with Gasteiger partial charge >= 0.3 is 0 Å². The van der Waals surface area contributed by atoms with Crippen LogP contribution in [0.5, 0.6) is 0 Å². The Hall–Kier alpha value is -0.0800. The zero-order valence-corrected chi connectivity index (χ0v) is 3.94. The Bertz CT molecular complexity index is 48.1. The molecule has 1 atom stereocenters. The minimum Gasteiger partial charge on any atom is -0.386 e. The van der Waals surface area contributed by atoms with Crippen molar-refractivity contribution in [2.75, 3.05) is 5.88 Å². The molecule has 0 bridgehead atoms. The summed E-state index contributed by atoms with van der Waals surface area (Å²) in [5, 5.41) is 14.6. The molecule has 6 heavy (non-hydrogen) atoms. The van der Waals surface area contributed by atoms with Crippen LogP contribution >= 0.6 is 11.6 Å². The van der Waals surface area contributed by atoms with Gasteiger partial charge in [0.05, 0.1) is 5.88 Å². The van der Waals surface area contributed by atoms with E-state index in [2.05, 4.69) is 0 Å². The van der Waals surface area contributed by atoms with Crippen LogP contribution in [0, 0.1) is 5.41 Å². The second kappa shape index (κ2) is 3.12. The number of rotatable bonds is 2. The number of aliphatic hydroxyl groups is 1. The van der Waals surface area contributed by atoms with Gasteiger partial charge in [0.25, 0.3) is 0 Å². The third-order valence-electron chi connectivity index (χ3n) is 0.350. The molecular formula is C3H6ClNO. The van der Waals surface area contributed by atoms with Crippen molar-refractivity contribution >= 4 is 17.8 Å². The van der Waals surface area contributed by atoms with Gasteiger partial charge in [-0.2, -0.15) is 0 Å². The van der Waals surface area contributed by atoms with Crippen LogP contribution in [0.1, 0.15) is 0 Å².